The first-order valence-corrected chi connectivity index (χ1v) is 31.9. The molecule has 1 aromatic carbocycles. The summed E-state index contributed by atoms with van der Waals surface area (Å²) < 4.78 is 41.0. The average Bonchev–Trinajstić information content (AvgIpc) is 1.63. The van der Waals surface area contributed by atoms with Gasteiger partial charge in [0.05, 0.1) is 38.3 Å². The molecule has 32 heteroatoms. The number of benzene rings is 1. The van der Waals surface area contributed by atoms with Gasteiger partial charge in [-0.2, -0.15) is 0 Å². The number of carbonyl (C=O) groups excluding carboxylic acids is 10. The number of aryl methyl sites for hydroxylation is 1. The van der Waals surface area contributed by atoms with Gasteiger partial charge in [-0.25, -0.2) is 4.39 Å². The van der Waals surface area contributed by atoms with Gasteiger partial charge in [-0.15, -0.1) is 0 Å². The van der Waals surface area contributed by atoms with E-state index >= 15 is 4.39 Å². The minimum absolute atomic E-state index is 0.0792. The van der Waals surface area contributed by atoms with E-state index in [9.17, 15) is 67.7 Å². The number of fused-ring (bicyclic) bond motifs is 2. The van der Waals surface area contributed by atoms with Crippen molar-refractivity contribution in [2.45, 2.75) is 132 Å². The second-order valence-electron chi connectivity index (χ2n) is 24.0. The van der Waals surface area contributed by atoms with Crippen LogP contribution in [0.1, 0.15) is 82.8 Å². The summed E-state index contributed by atoms with van der Waals surface area (Å²) in [5, 5.41) is 34.9. The lowest BCUT2D eigenvalue weighted by atomic mass is 9.96. The Morgan fingerprint density at radius 3 is 2.03 bits per heavy atom. The standard InChI is InChI=1S/C57H83FN11O19.Al/c1-4-33(2)50(55(84)62-40-9-8-35-6-5-7-36-24-42(69(51(35)36)56(40)85)54(83)63-41-25-49(80)88-57(41)86-3)64-44(71)32-87-23-16-59-52(81)38(10-12-45(72)73)61-53(82)39(11-13-46(74)75)60-43(70)29-65-17-14-34(15-18-65)26-66-19-21-67(30-47(76)77)27-37(58)28-68(22-20-66)31-48(78)79;/h5-7,33-34,38-42,50,57H,4,8-32H2,1-3H3,(H,59,81)(H,60,70)(H,61,82)(H,62,84)(H,63,83)(H,64,71)(H,72,73)(H,74,75)(H,76,77)(H,78,79);/q;+2/p-2/t33-,38+,39+,40?,41-,42-,50-,57+;/m0./s1. The number of cyclic esters (lactones) is 1. The molecule has 0 radical (unpaired) electrons. The number of methoxy groups -OCH3 is 1. The maximum Gasteiger partial charge on any atom is 0.905 e. The number of likely N-dealkylation sites (tertiary alicyclic amines) is 1. The van der Waals surface area contributed by atoms with Crippen LogP contribution in [0.5, 0.6) is 0 Å². The van der Waals surface area contributed by atoms with Crippen LogP contribution >= 0.6 is 0 Å². The molecular formula is C57H81AlFN11O19. The van der Waals surface area contributed by atoms with E-state index in [0.29, 0.717) is 77.2 Å². The Morgan fingerprint density at radius 2 is 1.40 bits per heavy atom. The van der Waals surface area contributed by atoms with Crippen molar-refractivity contribution in [1.29, 1.82) is 0 Å². The monoisotopic (exact) mass is 1270 g/mol. The number of carbonyl (C=O) groups is 12. The van der Waals surface area contributed by atoms with Gasteiger partial charge >= 0.3 is 32.7 Å². The highest BCUT2D eigenvalue weighted by molar-refractivity contribution is 6.53. The molecule has 0 saturated carbocycles. The fraction of sp³-hybridized carbons (Fsp3) is 0.684. The van der Waals surface area contributed by atoms with Gasteiger partial charge in [-0.05, 0) is 74.6 Å². The first kappa shape index (κ1) is 68.0. The van der Waals surface area contributed by atoms with Crippen LogP contribution in [0.3, 0.4) is 0 Å². The quantitative estimate of drug-likeness (QED) is 0.0242. The lowest BCUT2D eigenvalue weighted by Gasteiger charge is -2.38. The van der Waals surface area contributed by atoms with Gasteiger partial charge < -0.3 is 68.8 Å². The van der Waals surface area contributed by atoms with E-state index in [1.54, 1.807) is 16.7 Å². The fourth-order valence-electron chi connectivity index (χ4n) is 12.5. The smallest absolute Gasteiger partial charge is 0.583 e. The number of esters is 1. The van der Waals surface area contributed by atoms with Gasteiger partial charge in [0.25, 0.3) is 11.9 Å². The molecule has 3 bridgehead atoms. The summed E-state index contributed by atoms with van der Waals surface area (Å²) in [5.74, 6) is -9.30. The van der Waals surface area contributed by atoms with Crippen molar-refractivity contribution >= 4 is 91.7 Å². The second-order valence-corrected chi connectivity index (χ2v) is 26.1. The number of alkyl halides is 1. The number of amides is 7. The topological polar surface area (TPSA) is 380 Å². The number of aliphatic carboxylic acids is 2. The third-order valence-corrected chi connectivity index (χ3v) is 19.5. The zero-order valence-corrected chi connectivity index (χ0v) is 51.5. The molecule has 5 saturated heterocycles. The van der Waals surface area contributed by atoms with E-state index in [2.05, 4.69) is 36.8 Å². The first-order valence-electron chi connectivity index (χ1n) is 30.4. The molecule has 7 aliphatic heterocycles. The van der Waals surface area contributed by atoms with E-state index in [-0.39, 0.29) is 83.9 Å². The second kappa shape index (κ2) is 31.2. The molecule has 8 N–H and O–H groups in total. The molecule has 7 heterocycles. The number of hydrogen-bond donors (Lipinski definition) is 8. The van der Waals surface area contributed by atoms with Crippen molar-refractivity contribution in [1.82, 2.24) is 51.5 Å². The molecule has 3 unspecified atom stereocenters. The van der Waals surface area contributed by atoms with Crippen molar-refractivity contribution in [3.8, 4) is 0 Å². The number of piperidine rings is 1. The summed E-state index contributed by atoms with van der Waals surface area (Å²) in [6.07, 6.45) is -0.351. The Bertz CT molecular complexity index is 2800. The Balaban J connectivity index is 0.783. The minimum Gasteiger partial charge on any atom is -0.583 e. The number of carboxylic acids is 2. The third kappa shape index (κ3) is 18.4. The Labute approximate surface area is 518 Å². The Kier molecular flexibility index (Phi) is 23.8. The molecule has 30 nitrogen and oxygen atoms in total. The maximum atomic E-state index is 16.4. The van der Waals surface area contributed by atoms with Crippen LogP contribution in [0.25, 0.3) is 0 Å². The van der Waals surface area contributed by atoms with Gasteiger partial charge in [0.15, 0.2) is 4.53 Å². The highest BCUT2D eigenvalue weighted by atomic mass is 27.2. The number of hydrogen-bond acceptors (Lipinski definition) is 21. The van der Waals surface area contributed by atoms with Crippen LogP contribution in [0.2, 0.25) is 0 Å². The van der Waals surface area contributed by atoms with Gasteiger partial charge in [0.2, 0.25) is 47.6 Å². The molecule has 10 atom stereocenters. The predicted octanol–water partition coefficient (Wildman–Crippen LogP) is -3.38. The van der Waals surface area contributed by atoms with Gasteiger partial charge in [-0.3, -0.25) is 77.1 Å². The lowest BCUT2D eigenvalue weighted by molar-refractivity contribution is -0.160. The summed E-state index contributed by atoms with van der Waals surface area (Å²) in [4.78, 5) is 166. The first-order chi connectivity index (χ1) is 42.5. The molecular weight excluding hydrogens is 1190 g/mol. The Morgan fingerprint density at radius 1 is 0.764 bits per heavy atom. The fourth-order valence-corrected chi connectivity index (χ4v) is 14.4. The summed E-state index contributed by atoms with van der Waals surface area (Å²) in [5.41, 5.74) is 2.16. The van der Waals surface area contributed by atoms with E-state index in [0.717, 1.165) is 11.1 Å². The van der Waals surface area contributed by atoms with Gasteiger partial charge in [0, 0.05) is 78.7 Å². The van der Waals surface area contributed by atoms with E-state index in [1.165, 1.54) is 12.0 Å². The van der Waals surface area contributed by atoms with Crippen LogP contribution in [0.4, 0.5) is 10.1 Å². The van der Waals surface area contributed by atoms with Crippen molar-refractivity contribution in [2.75, 3.05) is 110 Å². The summed E-state index contributed by atoms with van der Waals surface area (Å²) in [6.45, 7) is 5.56. The van der Waals surface area contributed by atoms with Crippen LogP contribution in [0.15, 0.2) is 18.2 Å². The van der Waals surface area contributed by atoms with Crippen molar-refractivity contribution in [2.24, 2.45) is 11.8 Å². The van der Waals surface area contributed by atoms with E-state index < -0.39 is 158 Å². The number of nitrogens with zero attached hydrogens (tertiary/aromatic N) is 5. The number of carboxylic acid groups (broad SMARTS) is 2. The maximum absolute atomic E-state index is 16.4. The molecule has 0 aromatic heterocycles. The average molecular weight is 1270 g/mol. The number of para-hydroxylation sites is 1. The summed E-state index contributed by atoms with van der Waals surface area (Å²) >= 11 is -3.29. The molecule has 8 rings (SSSR count). The number of nitrogens with one attached hydrogen (secondary N) is 6. The van der Waals surface area contributed by atoms with Crippen LogP contribution in [0, 0.1) is 11.8 Å². The predicted molar refractivity (Wildman–Crippen MR) is 308 cm³/mol. The van der Waals surface area contributed by atoms with Crippen molar-refractivity contribution < 1.29 is 93.9 Å². The normalized spacial score (nSPS) is 26.1. The van der Waals surface area contributed by atoms with Crippen molar-refractivity contribution in [3.63, 3.8) is 0 Å². The number of halogens is 1. The largest absolute Gasteiger partial charge is 0.905 e. The van der Waals surface area contributed by atoms with Crippen LogP contribution < -0.4 is 36.8 Å². The van der Waals surface area contributed by atoms with Crippen molar-refractivity contribution in [3.05, 3.63) is 29.3 Å². The molecule has 1 aromatic rings. The van der Waals surface area contributed by atoms with E-state index in [1.807, 2.05) is 30.0 Å². The van der Waals surface area contributed by atoms with E-state index in [4.69, 9.17) is 21.8 Å². The molecule has 7 amide bonds. The zero-order valence-electron chi connectivity index (χ0n) is 50.3. The number of ether oxygens (including phenoxy) is 3. The minimum atomic E-state index is -3.29. The highest BCUT2D eigenvalue weighted by Gasteiger charge is 2.64. The number of anilines is 1. The zero-order chi connectivity index (χ0) is 64.1. The molecule has 488 valence electrons. The lowest BCUT2D eigenvalue weighted by Crippen LogP contribution is -2.59. The van der Waals surface area contributed by atoms with Gasteiger partial charge in [0.1, 0.15) is 42.9 Å². The van der Waals surface area contributed by atoms with Gasteiger partial charge in [-0.1, -0.05) is 38.5 Å². The molecule has 7 aliphatic rings. The molecule has 0 spiro atoms. The Hall–Kier alpha value is -6.92. The van der Waals surface area contributed by atoms with Crippen LogP contribution in [-0.2, 0) is 92.2 Å². The summed E-state index contributed by atoms with van der Waals surface area (Å²) in [7, 11) is 1.34. The van der Waals surface area contributed by atoms with Crippen LogP contribution in [-0.4, -0.2) is 268 Å². The third-order valence-electron chi connectivity index (χ3n) is 17.4. The number of rotatable bonds is 27. The molecule has 89 heavy (non-hydrogen) atoms. The summed E-state index contributed by atoms with van der Waals surface area (Å²) in [6, 6.07) is -1.38. The SMILES string of the molecule is CC[C@H](C)[C@H](NC(=O)COCCNC(=O)[C@@H](CCC(=O)O)NC(=O)[C@@H](CCC(=O)O)NC(=O)CN1CCC(CN2CCN3CC(=O)[O][Al]4[O]C(=O)CN(CC2)C[C]4(F)C3)CC1)C(=O)NC1CCc2cccc3c2N(C1=O)[C@H](C(=O)N[C@H]1CC(=O)O[C@H]1OC)C3. The molecule has 0 aliphatic carbocycles. The molecule has 5 fully saturated rings. The highest BCUT2D eigenvalue weighted by Crippen LogP contribution is 2.39.